The zero-order valence-electron chi connectivity index (χ0n) is 16.8. The van der Waals surface area contributed by atoms with Gasteiger partial charge in [-0.25, -0.2) is 4.79 Å². The summed E-state index contributed by atoms with van der Waals surface area (Å²) in [6.07, 6.45) is 7.39. The minimum atomic E-state index is -1.09. The fraction of sp³-hybridized carbons (Fsp3) is 0.391. The molecule has 0 aliphatic carbocycles. The molecule has 5 nitrogen and oxygen atoms in total. The summed E-state index contributed by atoms with van der Waals surface area (Å²) in [6, 6.07) is 1.34. The summed E-state index contributed by atoms with van der Waals surface area (Å²) in [5.41, 5.74) is -0.300. The van der Waals surface area contributed by atoms with E-state index in [1.807, 2.05) is 19.1 Å². The molecule has 0 saturated heterocycles. The molecule has 1 aliphatic rings. The van der Waals surface area contributed by atoms with Crippen molar-refractivity contribution in [2.45, 2.75) is 59.0 Å². The first-order valence-corrected chi connectivity index (χ1v) is 10.1. The zero-order chi connectivity index (χ0) is 20.7. The lowest BCUT2D eigenvalue weighted by atomic mass is 9.96. The van der Waals surface area contributed by atoms with Crippen LogP contribution in [0.2, 0.25) is 0 Å². The van der Waals surface area contributed by atoms with Crippen LogP contribution in [0.15, 0.2) is 30.6 Å². The first-order chi connectivity index (χ1) is 14.0. The predicted octanol–water partition coefficient (Wildman–Crippen LogP) is 5.26. The molecule has 0 amide bonds. The first kappa shape index (κ1) is 19.4. The van der Waals surface area contributed by atoms with Gasteiger partial charge in [-0.2, -0.15) is 4.39 Å². The van der Waals surface area contributed by atoms with Crippen molar-refractivity contribution < 1.29 is 18.0 Å². The number of fused-ring (bicyclic) bond motifs is 6. The molecule has 0 fully saturated rings. The van der Waals surface area contributed by atoms with E-state index in [0.717, 1.165) is 19.3 Å². The highest BCUT2D eigenvalue weighted by molar-refractivity contribution is 6.10. The van der Waals surface area contributed by atoms with Crippen LogP contribution in [0.25, 0.3) is 28.0 Å². The fourth-order valence-corrected chi connectivity index (χ4v) is 3.94. The molecule has 0 N–H and O–H groups in total. The summed E-state index contributed by atoms with van der Waals surface area (Å²) in [5.74, 6) is -0.0830. The number of hydrogen-bond donors (Lipinski definition) is 0. The Bertz CT molecular complexity index is 1250. The lowest BCUT2D eigenvalue weighted by Gasteiger charge is -2.24. The van der Waals surface area contributed by atoms with Crippen molar-refractivity contribution in [3.63, 3.8) is 0 Å². The molecule has 0 bridgehead atoms. The third-order valence-electron chi connectivity index (χ3n) is 5.27. The molecule has 6 heteroatoms. The monoisotopic (exact) mass is 398 g/mol. The van der Waals surface area contributed by atoms with E-state index >= 15 is 0 Å². The van der Waals surface area contributed by atoms with E-state index < -0.39 is 11.4 Å². The molecule has 1 unspecified atom stereocenters. The Hall–Kier alpha value is -2.89. The summed E-state index contributed by atoms with van der Waals surface area (Å²) in [5, 5.41) is 0.493. The molecular weight excluding hydrogens is 375 g/mol. The van der Waals surface area contributed by atoms with E-state index in [2.05, 4.69) is 6.92 Å². The predicted molar refractivity (Wildman–Crippen MR) is 110 cm³/mol. The van der Waals surface area contributed by atoms with E-state index in [0.29, 0.717) is 40.9 Å². The van der Waals surface area contributed by atoms with Gasteiger partial charge < -0.3 is 13.6 Å². The summed E-state index contributed by atoms with van der Waals surface area (Å²) in [4.78, 5) is 25.0. The molecule has 152 valence electrons. The molecule has 0 radical (unpaired) electrons. The number of ether oxygens (including phenoxy) is 1. The van der Waals surface area contributed by atoms with Crippen molar-refractivity contribution >= 4 is 28.0 Å². The van der Waals surface area contributed by atoms with Gasteiger partial charge in [0.05, 0.1) is 10.9 Å². The quantitative estimate of drug-likeness (QED) is 0.433. The molecule has 3 heterocycles. The third-order valence-corrected chi connectivity index (χ3v) is 5.27. The maximum Gasteiger partial charge on any atom is 0.372 e. The van der Waals surface area contributed by atoms with Crippen molar-refractivity contribution in [2.24, 2.45) is 0 Å². The maximum atomic E-state index is 14.8. The van der Waals surface area contributed by atoms with Crippen molar-refractivity contribution in [3.8, 4) is 5.75 Å². The van der Waals surface area contributed by atoms with Gasteiger partial charge in [-0.1, -0.05) is 26.7 Å². The van der Waals surface area contributed by atoms with Crippen molar-refractivity contribution in [1.82, 2.24) is 0 Å². The standard InChI is InChI=1S/C23H23FO5/c1-4-6-8-13-9-10-15-20(28-13)17-14(7-5-2)19(24)23(26)29-22(17)18-16(25)11-12(3)27-21(15)18/h9-11,13H,4-8H2,1-3H3. The Kier molecular flexibility index (Phi) is 5.03. The minimum Gasteiger partial charge on any atom is -0.485 e. The second kappa shape index (κ2) is 7.50. The molecule has 2 aromatic heterocycles. The third kappa shape index (κ3) is 3.16. The van der Waals surface area contributed by atoms with E-state index in [4.69, 9.17) is 13.6 Å². The van der Waals surface area contributed by atoms with Crippen molar-refractivity contribution in [3.05, 3.63) is 55.5 Å². The summed E-state index contributed by atoms with van der Waals surface area (Å²) in [6.45, 7) is 5.68. The SMILES string of the molecule is CCCCC1C=Cc2c(c3c(CCC)c(F)c(=O)oc3c3c(=O)cc(C)oc23)O1. The van der Waals surface area contributed by atoms with E-state index in [1.165, 1.54) is 6.07 Å². The van der Waals surface area contributed by atoms with Crippen LogP contribution in [0, 0.1) is 12.7 Å². The minimum absolute atomic E-state index is 0.0342. The van der Waals surface area contributed by atoms with Crippen LogP contribution in [0.5, 0.6) is 5.75 Å². The molecule has 3 aromatic rings. The maximum absolute atomic E-state index is 14.8. The molecule has 0 saturated carbocycles. The van der Waals surface area contributed by atoms with Gasteiger partial charge in [0, 0.05) is 11.6 Å². The second-order valence-electron chi connectivity index (χ2n) is 7.46. The number of benzene rings is 1. The van der Waals surface area contributed by atoms with Crippen LogP contribution in [-0.4, -0.2) is 6.10 Å². The van der Waals surface area contributed by atoms with Crippen LogP contribution in [0.1, 0.15) is 56.4 Å². The fourth-order valence-electron chi connectivity index (χ4n) is 3.94. The number of unbranched alkanes of at least 4 members (excludes halogenated alkanes) is 1. The normalized spacial score (nSPS) is 15.7. The molecule has 29 heavy (non-hydrogen) atoms. The van der Waals surface area contributed by atoms with E-state index in [9.17, 15) is 14.0 Å². The zero-order valence-corrected chi connectivity index (χ0v) is 16.8. The first-order valence-electron chi connectivity index (χ1n) is 10.1. The largest absolute Gasteiger partial charge is 0.485 e. The molecule has 4 rings (SSSR count). The van der Waals surface area contributed by atoms with Crippen molar-refractivity contribution in [1.29, 1.82) is 0 Å². The average molecular weight is 398 g/mol. The van der Waals surface area contributed by atoms with Crippen LogP contribution in [-0.2, 0) is 6.42 Å². The van der Waals surface area contributed by atoms with Gasteiger partial charge >= 0.3 is 5.63 Å². The molecule has 0 spiro atoms. The molecule has 1 aromatic carbocycles. The van der Waals surface area contributed by atoms with Crippen LogP contribution in [0.4, 0.5) is 4.39 Å². The number of halogens is 1. The van der Waals surface area contributed by atoms with Gasteiger partial charge in [0.15, 0.2) is 16.6 Å². The van der Waals surface area contributed by atoms with E-state index in [1.54, 1.807) is 6.92 Å². The van der Waals surface area contributed by atoms with Crippen LogP contribution >= 0.6 is 0 Å². The van der Waals surface area contributed by atoms with Crippen LogP contribution in [0.3, 0.4) is 0 Å². The van der Waals surface area contributed by atoms with Gasteiger partial charge in [-0.05, 0) is 38.3 Å². The topological polar surface area (TPSA) is 69.7 Å². The summed E-state index contributed by atoms with van der Waals surface area (Å²) in [7, 11) is 0. The Balaban J connectivity index is 2.17. The Morgan fingerprint density at radius 3 is 2.59 bits per heavy atom. The van der Waals surface area contributed by atoms with Gasteiger partial charge in [-0.15, -0.1) is 0 Å². The second-order valence-corrected chi connectivity index (χ2v) is 7.46. The van der Waals surface area contributed by atoms with Crippen molar-refractivity contribution in [2.75, 3.05) is 0 Å². The molecule has 1 aliphatic heterocycles. The molecule has 1 atom stereocenters. The molecular formula is C23H23FO5. The summed E-state index contributed by atoms with van der Waals surface area (Å²) < 4.78 is 32.2. The highest BCUT2D eigenvalue weighted by atomic mass is 19.1. The van der Waals surface area contributed by atoms with Crippen LogP contribution < -0.4 is 15.8 Å². The van der Waals surface area contributed by atoms with E-state index in [-0.39, 0.29) is 28.1 Å². The van der Waals surface area contributed by atoms with Gasteiger partial charge in [0.25, 0.3) is 0 Å². The van der Waals surface area contributed by atoms with Gasteiger partial charge in [0.2, 0.25) is 5.82 Å². The number of rotatable bonds is 5. The lowest BCUT2D eigenvalue weighted by molar-refractivity contribution is 0.234. The summed E-state index contributed by atoms with van der Waals surface area (Å²) >= 11 is 0. The number of aryl methyl sites for hydroxylation is 2. The smallest absolute Gasteiger partial charge is 0.372 e. The highest BCUT2D eigenvalue weighted by Crippen LogP contribution is 2.42. The Morgan fingerprint density at radius 2 is 1.86 bits per heavy atom. The Morgan fingerprint density at radius 1 is 1.07 bits per heavy atom. The Labute approximate surface area is 166 Å². The van der Waals surface area contributed by atoms with Gasteiger partial charge in [0.1, 0.15) is 23.0 Å². The number of hydrogen-bond acceptors (Lipinski definition) is 5. The highest BCUT2D eigenvalue weighted by Gasteiger charge is 2.28. The lowest BCUT2D eigenvalue weighted by Crippen LogP contribution is -2.19. The van der Waals surface area contributed by atoms with Gasteiger partial charge in [-0.3, -0.25) is 4.79 Å². The average Bonchev–Trinajstić information content (AvgIpc) is 2.69.